The van der Waals surface area contributed by atoms with Crippen LogP contribution >= 0.6 is 0 Å². The molecule has 5 rings (SSSR count). The number of carbonyl (C=O) groups is 1. The summed E-state index contributed by atoms with van der Waals surface area (Å²) < 4.78 is 87.7. The van der Waals surface area contributed by atoms with Crippen molar-refractivity contribution in [1.29, 1.82) is 0 Å². The topological polar surface area (TPSA) is 113 Å². The van der Waals surface area contributed by atoms with Crippen molar-refractivity contribution >= 4 is 22.6 Å². The van der Waals surface area contributed by atoms with E-state index in [4.69, 9.17) is 9.47 Å². The predicted molar refractivity (Wildman–Crippen MR) is 138 cm³/mol. The van der Waals surface area contributed by atoms with Crippen LogP contribution in [0.15, 0.2) is 64.2 Å². The van der Waals surface area contributed by atoms with Crippen LogP contribution < -0.4 is 20.5 Å². The minimum absolute atomic E-state index is 0.00417. The summed E-state index contributed by atoms with van der Waals surface area (Å²) in [7, 11) is 2.53. The van der Waals surface area contributed by atoms with Crippen molar-refractivity contribution in [3.8, 4) is 22.6 Å². The number of aryl methyl sites for hydroxylation is 1. The number of rotatable bonds is 8. The van der Waals surface area contributed by atoms with Gasteiger partial charge in [0.05, 0.1) is 23.7 Å². The zero-order valence-corrected chi connectivity index (χ0v) is 21.8. The van der Waals surface area contributed by atoms with Crippen molar-refractivity contribution in [3.63, 3.8) is 0 Å². The second-order valence-corrected chi connectivity index (χ2v) is 9.00. The fourth-order valence-electron chi connectivity index (χ4n) is 4.38. The lowest BCUT2D eigenvalue weighted by Gasteiger charge is -2.15. The Morgan fingerprint density at radius 3 is 2.48 bits per heavy atom. The number of nitrogens with zero attached hydrogens (tertiary/aromatic N) is 4. The molecule has 0 radical (unpaired) electrons. The van der Waals surface area contributed by atoms with E-state index in [1.54, 1.807) is 0 Å². The molecule has 5 aromatic rings. The lowest BCUT2D eigenvalue weighted by Crippen LogP contribution is -2.28. The highest BCUT2D eigenvalue weighted by Crippen LogP contribution is 2.41. The Labute approximate surface area is 232 Å². The minimum atomic E-state index is -4.85. The molecule has 10 nitrogen and oxygen atoms in total. The number of halogens is 5. The molecular weight excluding hydrogens is 569 g/mol. The van der Waals surface area contributed by atoms with Crippen LogP contribution in [-0.2, 0) is 31.2 Å². The summed E-state index contributed by atoms with van der Waals surface area (Å²) in [5.41, 5.74) is -2.15. The molecule has 1 N–H and O–H groups in total. The Balaban J connectivity index is 1.61. The van der Waals surface area contributed by atoms with E-state index in [-0.39, 0.29) is 51.8 Å². The number of nitrogens with one attached hydrogen (secondary N) is 1. The average Bonchev–Trinajstić information content (AvgIpc) is 3.55. The van der Waals surface area contributed by atoms with Gasteiger partial charge in [-0.3, -0.25) is 13.9 Å². The van der Waals surface area contributed by atoms with Gasteiger partial charge in [-0.25, -0.2) is 13.6 Å². The third-order valence-electron chi connectivity index (χ3n) is 6.28. The number of imidazole rings is 1. The molecule has 0 bridgehead atoms. The van der Waals surface area contributed by atoms with Crippen LogP contribution in [0.3, 0.4) is 0 Å². The third kappa shape index (κ3) is 5.53. The predicted octanol–water partition coefficient (Wildman–Crippen LogP) is 4.91. The Bertz CT molecular complexity index is 1830. The quantitative estimate of drug-likeness (QED) is 0.256. The lowest BCUT2D eigenvalue weighted by atomic mass is 9.99. The van der Waals surface area contributed by atoms with E-state index in [9.17, 15) is 27.2 Å². The molecule has 0 aliphatic rings. The normalized spacial score (nSPS) is 11.6. The minimum Gasteiger partial charge on any atom is -0.493 e. The van der Waals surface area contributed by atoms with Gasteiger partial charge in [-0.05, 0) is 54.1 Å². The fraction of sp³-hybridized carbons (Fsp3) is 0.185. The number of hydrogen-bond acceptors (Lipinski definition) is 7. The molecule has 0 saturated heterocycles. The first-order chi connectivity index (χ1) is 20.0. The maximum Gasteiger partial charge on any atom is 0.416 e. The van der Waals surface area contributed by atoms with Crippen molar-refractivity contribution in [1.82, 2.24) is 19.3 Å². The molecule has 218 valence electrons. The Kier molecular flexibility index (Phi) is 7.41. The zero-order valence-electron chi connectivity index (χ0n) is 21.8. The first-order valence-electron chi connectivity index (χ1n) is 12.1. The van der Waals surface area contributed by atoms with Crippen LogP contribution in [0.25, 0.3) is 22.2 Å². The smallest absolute Gasteiger partial charge is 0.416 e. The van der Waals surface area contributed by atoms with Crippen molar-refractivity contribution in [2.24, 2.45) is 7.05 Å². The molecule has 2 aromatic heterocycles. The van der Waals surface area contributed by atoms with E-state index in [0.29, 0.717) is 0 Å². The standard InChI is InChI=1S/C27H20F5N5O5/c1-36-24-18(14-7-19(29)25(21(8-14)40-2)41-12-22-33-13-42-35-22)9-15(27(30,31)32)10-20(24)37(26(36)39)11-23(38)34-17-5-3-16(28)4-6-17/h3-10,13H,11-12H2,1-2H3,(H,34,38). The first-order valence-corrected chi connectivity index (χ1v) is 12.1. The number of methoxy groups -OCH3 is 1. The van der Waals surface area contributed by atoms with Crippen LogP contribution in [-0.4, -0.2) is 32.3 Å². The zero-order chi connectivity index (χ0) is 30.2. The summed E-state index contributed by atoms with van der Waals surface area (Å²) in [4.78, 5) is 29.7. The molecule has 0 atom stereocenters. The molecule has 15 heteroatoms. The monoisotopic (exact) mass is 589 g/mol. The largest absolute Gasteiger partial charge is 0.493 e. The Morgan fingerprint density at radius 1 is 1.10 bits per heavy atom. The second-order valence-electron chi connectivity index (χ2n) is 9.00. The number of ether oxygens (including phenoxy) is 2. The Hall–Kier alpha value is -5.21. The van der Waals surface area contributed by atoms with E-state index < -0.39 is 41.5 Å². The van der Waals surface area contributed by atoms with Gasteiger partial charge < -0.3 is 19.3 Å². The summed E-state index contributed by atoms with van der Waals surface area (Å²) in [6.07, 6.45) is -3.80. The molecule has 0 aliphatic heterocycles. The highest BCUT2D eigenvalue weighted by molar-refractivity contribution is 5.96. The molecule has 0 fully saturated rings. The van der Waals surface area contributed by atoms with Gasteiger partial charge in [-0.2, -0.15) is 18.2 Å². The highest BCUT2D eigenvalue weighted by Gasteiger charge is 2.33. The number of hydrogen-bond donors (Lipinski definition) is 1. The number of carbonyl (C=O) groups excluding carboxylic acids is 1. The summed E-state index contributed by atoms with van der Waals surface area (Å²) in [5.74, 6) is -2.64. The van der Waals surface area contributed by atoms with Crippen LogP contribution in [0.4, 0.5) is 27.6 Å². The number of anilines is 1. The maximum absolute atomic E-state index is 15.3. The van der Waals surface area contributed by atoms with Gasteiger partial charge in [-0.15, -0.1) is 0 Å². The van der Waals surface area contributed by atoms with E-state index in [0.717, 1.165) is 45.9 Å². The van der Waals surface area contributed by atoms with Crippen molar-refractivity contribution < 1.29 is 40.7 Å². The molecule has 3 aromatic carbocycles. The lowest BCUT2D eigenvalue weighted by molar-refractivity contribution is -0.137. The van der Waals surface area contributed by atoms with E-state index in [1.165, 1.54) is 32.4 Å². The fourth-order valence-corrected chi connectivity index (χ4v) is 4.38. The number of fused-ring (bicyclic) bond motifs is 1. The van der Waals surface area contributed by atoms with E-state index in [1.807, 2.05) is 0 Å². The van der Waals surface area contributed by atoms with Gasteiger partial charge in [0.1, 0.15) is 12.4 Å². The third-order valence-corrected chi connectivity index (χ3v) is 6.28. The van der Waals surface area contributed by atoms with E-state index >= 15 is 4.39 Å². The molecule has 0 saturated carbocycles. The number of amides is 1. The summed E-state index contributed by atoms with van der Waals surface area (Å²) >= 11 is 0. The van der Waals surface area contributed by atoms with Crippen molar-refractivity contribution in [2.45, 2.75) is 19.3 Å². The number of alkyl halides is 3. The van der Waals surface area contributed by atoms with Crippen molar-refractivity contribution in [3.05, 3.63) is 88.4 Å². The average molecular weight is 589 g/mol. The Morgan fingerprint density at radius 2 is 1.83 bits per heavy atom. The van der Waals surface area contributed by atoms with Crippen LogP contribution in [0.2, 0.25) is 0 Å². The molecule has 0 unspecified atom stereocenters. The maximum atomic E-state index is 15.3. The van der Waals surface area contributed by atoms with Gasteiger partial charge >= 0.3 is 11.9 Å². The van der Waals surface area contributed by atoms with Crippen LogP contribution in [0.5, 0.6) is 11.5 Å². The first kappa shape index (κ1) is 28.3. The summed E-state index contributed by atoms with van der Waals surface area (Å²) in [5, 5.41) is 6.03. The van der Waals surface area contributed by atoms with Gasteiger partial charge in [0.2, 0.25) is 18.1 Å². The van der Waals surface area contributed by atoms with Gasteiger partial charge in [0, 0.05) is 18.3 Å². The summed E-state index contributed by atoms with van der Waals surface area (Å²) in [6.45, 7) is -0.941. The molecule has 1 amide bonds. The number of benzene rings is 3. The van der Waals surface area contributed by atoms with Gasteiger partial charge in [0.15, 0.2) is 23.9 Å². The molecule has 0 spiro atoms. The summed E-state index contributed by atoms with van der Waals surface area (Å²) in [6, 6.07) is 8.50. The molecule has 2 heterocycles. The van der Waals surface area contributed by atoms with Crippen LogP contribution in [0.1, 0.15) is 11.4 Å². The second kappa shape index (κ2) is 11.0. The van der Waals surface area contributed by atoms with Crippen LogP contribution in [0, 0.1) is 11.6 Å². The molecular formula is C27H20F5N5O5. The van der Waals surface area contributed by atoms with Gasteiger partial charge in [-0.1, -0.05) is 5.16 Å². The van der Waals surface area contributed by atoms with E-state index in [2.05, 4.69) is 20.0 Å². The highest BCUT2D eigenvalue weighted by atomic mass is 19.4. The molecule has 42 heavy (non-hydrogen) atoms. The SMILES string of the molecule is COc1cc(-c2cc(C(F)(F)F)cc3c2n(C)c(=O)n3CC(=O)Nc2ccc(F)cc2)cc(F)c1OCc1ncon1. The molecule has 0 aliphatic carbocycles. The van der Waals surface area contributed by atoms with Gasteiger partial charge in [0.25, 0.3) is 0 Å². The number of aromatic nitrogens is 4. The van der Waals surface area contributed by atoms with Crippen molar-refractivity contribution in [2.75, 3.05) is 12.4 Å².